The van der Waals surface area contributed by atoms with Gasteiger partial charge in [-0.3, -0.25) is 16.3 Å². The summed E-state index contributed by atoms with van der Waals surface area (Å²) in [6, 6.07) is 9.89. The molecule has 3 nitrogen and oxygen atoms in total. The summed E-state index contributed by atoms with van der Waals surface area (Å²) in [6.45, 7) is 1.90. The molecule has 1 aromatic carbocycles. The SMILES string of the molecule is Cc1cccc(C(Cc2cc(Cl)ccc2F)NN)n1. The van der Waals surface area contributed by atoms with Crippen molar-refractivity contribution in [3.63, 3.8) is 0 Å². The van der Waals surface area contributed by atoms with Crippen molar-refractivity contribution in [3.8, 4) is 0 Å². The molecule has 1 atom stereocenters. The fourth-order valence-corrected chi connectivity index (χ4v) is 2.12. The Labute approximate surface area is 116 Å². The minimum Gasteiger partial charge on any atom is -0.271 e. The van der Waals surface area contributed by atoms with Crippen LogP contribution in [0.3, 0.4) is 0 Å². The fraction of sp³-hybridized carbons (Fsp3) is 0.214. The standard InChI is InChI=1S/C14H15ClFN3/c1-9-3-2-4-13(18-9)14(19-17)8-10-7-11(15)5-6-12(10)16/h2-7,14,19H,8,17H2,1H3. The minimum absolute atomic E-state index is 0.257. The Balaban J connectivity index is 2.26. The molecule has 0 aliphatic rings. The number of nitrogens with two attached hydrogens (primary N) is 1. The molecule has 1 aromatic heterocycles. The molecule has 0 radical (unpaired) electrons. The number of hydrogen-bond acceptors (Lipinski definition) is 3. The molecule has 0 fully saturated rings. The van der Waals surface area contributed by atoms with E-state index in [0.717, 1.165) is 11.4 Å². The van der Waals surface area contributed by atoms with Crippen molar-refractivity contribution in [1.29, 1.82) is 0 Å². The zero-order valence-corrected chi connectivity index (χ0v) is 11.3. The summed E-state index contributed by atoms with van der Waals surface area (Å²) in [4.78, 5) is 4.39. The van der Waals surface area contributed by atoms with Crippen LogP contribution in [0, 0.1) is 12.7 Å². The van der Waals surface area contributed by atoms with Crippen LogP contribution in [0.25, 0.3) is 0 Å². The zero-order chi connectivity index (χ0) is 13.8. The van der Waals surface area contributed by atoms with Gasteiger partial charge in [0, 0.05) is 10.7 Å². The first-order valence-electron chi connectivity index (χ1n) is 5.94. The van der Waals surface area contributed by atoms with E-state index >= 15 is 0 Å². The predicted octanol–water partition coefficient (Wildman–Crippen LogP) is 2.93. The molecule has 0 spiro atoms. The van der Waals surface area contributed by atoms with Gasteiger partial charge in [0.25, 0.3) is 0 Å². The van der Waals surface area contributed by atoms with Crippen LogP contribution in [0.2, 0.25) is 5.02 Å². The van der Waals surface area contributed by atoms with E-state index < -0.39 is 0 Å². The summed E-state index contributed by atoms with van der Waals surface area (Å²) in [7, 11) is 0. The number of rotatable bonds is 4. The van der Waals surface area contributed by atoms with Crippen LogP contribution in [0.5, 0.6) is 0 Å². The second-order valence-corrected chi connectivity index (χ2v) is 4.80. The predicted molar refractivity (Wildman–Crippen MR) is 74.2 cm³/mol. The minimum atomic E-state index is -0.294. The van der Waals surface area contributed by atoms with Crippen molar-refractivity contribution in [3.05, 3.63) is 64.2 Å². The third-order valence-electron chi connectivity index (χ3n) is 2.90. The van der Waals surface area contributed by atoms with Crippen LogP contribution < -0.4 is 11.3 Å². The number of benzene rings is 1. The largest absolute Gasteiger partial charge is 0.271 e. The van der Waals surface area contributed by atoms with Crippen molar-refractivity contribution in [2.75, 3.05) is 0 Å². The summed E-state index contributed by atoms with van der Waals surface area (Å²) in [5.41, 5.74) is 4.85. The highest BCUT2D eigenvalue weighted by Gasteiger charge is 2.15. The van der Waals surface area contributed by atoms with Gasteiger partial charge in [-0.2, -0.15) is 0 Å². The number of nitrogens with one attached hydrogen (secondary N) is 1. The van der Waals surface area contributed by atoms with Crippen LogP contribution in [0.1, 0.15) is 23.0 Å². The van der Waals surface area contributed by atoms with E-state index in [1.807, 2.05) is 25.1 Å². The molecule has 0 aliphatic carbocycles. The quantitative estimate of drug-likeness (QED) is 0.668. The van der Waals surface area contributed by atoms with Gasteiger partial charge in [-0.25, -0.2) is 4.39 Å². The van der Waals surface area contributed by atoms with Crippen LogP contribution in [-0.2, 0) is 6.42 Å². The summed E-state index contributed by atoms with van der Waals surface area (Å²) in [5.74, 6) is 5.25. The van der Waals surface area contributed by atoms with E-state index in [2.05, 4.69) is 10.4 Å². The molecular weight excluding hydrogens is 265 g/mol. The number of halogens is 2. The lowest BCUT2D eigenvalue weighted by molar-refractivity contribution is 0.518. The first-order valence-corrected chi connectivity index (χ1v) is 6.31. The maximum absolute atomic E-state index is 13.7. The van der Waals surface area contributed by atoms with E-state index in [1.165, 1.54) is 12.1 Å². The molecular formula is C14H15ClFN3. The van der Waals surface area contributed by atoms with Gasteiger partial charge in [0.2, 0.25) is 0 Å². The molecule has 2 rings (SSSR count). The highest BCUT2D eigenvalue weighted by Crippen LogP contribution is 2.21. The molecule has 0 saturated carbocycles. The molecule has 0 aliphatic heterocycles. The summed E-state index contributed by atoms with van der Waals surface area (Å²) < 4.78 is 13.7. The van der Waals surface area contributed by atoms with Crippen molar-refractivity contribution in [2.24, 2.45) is 5.84 Å². The normalized spacial score (nSPS) is 12.4. The molecule has 2 aromatic rings. The van der Waals surface area contributed by atoms with Crippen LogP contribution >= 0.6 is 11.6 Å². The number of hydrogen-bond donors (Lipinski definition) is 2. The third-order valence-corrected chi connectivity index (χ3v) is 3.13. The van der Waals surface area contributed by atoms with E-state index in [4.69, 9.17) is 17.4 Å². The molecule has 0 amide bonds. The van der Waals surface area contributed by atoms with Gasteiger partial charge >= 0.3 is 0 Å². The molecule has 3 N–H and O–H groups in total. The van der Waals surface area contributed by atoms with Gasteiger partial charge in [0.1, 0.15) is 5.82 Å². The molecule has 0 bridgehead atoms. The smallest absolute Gasteiger partial charge is 0.126 e. The van der Waals surface area contributed by atoms with Gasteiger partial charge in [0.15, 0.2) is 0 Å². The van der Waals surface area contributed by atoms with Gasteiger partial charge in [0.05, 0.1) is 11.7 Å². The van der Waals surface area contributed by atoms with Crippen molar-refractivity contribution in [2.45, 2.75) is 19.4 Å². The number of pyridine rings is 1. The Morgan fingerprint density at radius 3 is 2.84 bits per heavy atom. The fourth-order valence-electron chi connectivity index (χ4n) is 1.93. The van der Waals surface area contributed by atoms with E-state index in [0.29, 0.717) is 17.0 Å². The number of aromatic nitrogens is 1. The van der Waals surface area contributed by atoms with E-state index in [1.54, 1.807) is 6.07 Å². The topological polar surface area (TPSA) is 50.9 Å². The molecule has 1 heterocycles. The first kappa shape index (κ1) is 13.9. The lowest BCUT2D eigenvalue weighted by Crippen LogP contribution is -2.30. The molecule has 5 heteroatoms. The van der Waals surface area contributed by atoms with Crippen molar-refractivity contribution in [1.82, 2.24) is 10.4 Å². The van der Waals surface area contributed by atoms with Crippen molar-refractivity contribution >= 4 is 11.6 Å². The Hall–Kier alpha value is -1.49. The third kappa shape index (κ3) is 3.50. The molecule has 19 heavy (non-hydrogen) atoms. The summed E-state index contributed by atoms with van der Waals surface area (Å²) >= 11 is 5.88. The molecule has 0 saturated heterocycles. The van der Waals surface area contributed by atoms with E-state index in [-0.39, 0.29) is 11.9 Å². The lowest BCUT2D eigenvalue weighted by Gasteiger charge is -2.16. The second kappa shape index (κ2) is 6.10. The van der Waals surface area contributed by atoms with Gasteiger partial charge in [-0.1, -0.05) is 17.7 Å². The maximum atomic E-state index is 13.7. The number of aryl methyl sites for hydroxylation is 1. The maximum Gasteiger partial charge on any atom is 0.126 e. The average molecular weight is 280 g/mol. The number of hydrazine groups is 1. The average Bonchev–Trinajstić information content (AvgIpc) is 2.39. The van der Waals surface area contributed by atoms with Crippen LogP contribution in [0.4, 0.5) is 4.39 Å². The first-order chi connectivity index (χ1) is 9.10. The second-order valence-electron chi connectivity index (χ2n) is 4.36. The van der Waals surface area contributed by atoms with Crippen LogP contribution in [-0.4, -0.2) is 4.98 Å². The number of nitrogens with zero attached hydrogens (tertiary/aromatic N) is 1. The van der Waals surface area contributed by atoms with Gasteiger partial charge in [-0.15, -0.1) is 0 Å². The summed E-state index contributed by atoms with van der Waals surface area (Å²) in [5, 5.41) is 0.504. The Morgan fingerprint density at radius 1 is 1.37 bits per heavy atom. The van der Waals surface area contributed by atoms with Crippen molar-refractivity contribution < 1.29 is 4.39 Å². The molecule has 1 unspecified atom stereocenters. The Morgan fingerprint density at radius 2 is 2.16 bits per heavy atom. The highest BCUT2D eigenvalue weighted by molar-refractivity contribution is 6.30. The lowest BCUT2D eigenvalue weighted by atomic mass is 10.0. The van der Waals surface area contributed by atoms with Crippen LogP contribution in [0.15, 0.2) is 36.4 Å². The monoisotopic (exact) mass is 279 g/mol. The Kier molecular flexibility index (Phi) is 4.47. The molecule has 100 valence electrons. The van der Waals surface area contributed by atoms with Gasteiger partial charge in [-0.05, 0) is 49.2 Å². The van der Waals surface area contributed by atoms with E-state index in [9.17, 15) is 4.39 Å². The van der Waals surface area contributed by atoms with Gasteiger partial charge < -0.3 is 0 Å². The zero-order valence-electron chi connectivity index (χ0n) is 10.5. The highest BCUT2D eigenvalue weighted by atomic mass is 35.5. The Bertz CT molecular complexity index is 574. The summed E-state index contributed by atoms with van der Waals surface area (Å²) in [6.07, 6.45) is 0.388.